The first-order chi connectivity index (χ1) is 11.3. The molecule has 0 radical (unpaired) electrons. The fourth-order valence-electron chi connectivity index (χ4n) is 2.50. The van der Waals surface area contributed by atoms with Crippen LogP contribution in [0.1, 0.15) is 36.8 Å². The van der Waals surface area contributed by atoms with Crippen LogP contribution in [0.25, 0.3) is 0 Å². The molecule has 0 aliphatic carbocycles. The monoisotopic (exact) mass is 329 g/mol. The van der Waals surface area contributed by atoms with Gasteiger partial charge in [-0.3, -0.25) is 0 Å². The zero-order chi connectivity index (χ0) is 16.3. The van der Waals surface area contributed by atoms with Gasteiger partial charge in [-0.25, -0.2) is 0 Å². The lowest BCUT2D eigenvalue weighted by molar-refractivity contribution is 0.304. The number of benzene rings is 2. The zero-order valence-corrected chi connectivity index (χ0v) is 14.6. The second-order valence-electron chi connectivity index (χ2n) is 5.95. The molecule has 0 heterocycles. The van der Waals surface area contributed by atoms with Crippen LogP contribution in [0.5, 0.6) is 5.75 Å². The molecule has 0 bridgehead atoms. The van der Waals surface area contributed by atoms with E-state index in [1.807, 2.05) is 6.07 Å². The maximum atomic E-state index is 5.84. The van der Waals surface area contributed by atoms with Crippen molar-refractivity contribution in [2.75, 3.05) is 12.4 Å². The molecule has 124 valence electrons. The number of hydrogen-bond donors (Lipinski definition) is 2. The summed E-state index contributed by atoms with van der Waals surface area (Å²) in [7, 11) is 0. The molecule has 1 atom stereocenters. The van der Waals surface area contributed by atoms with Crippen LogP contribution >= 0.6 is 12.6 Å². The SMILES string of the molecule is NC(CS)CCCCCOc1ccc(Cc2ccccc2)cc1. The Morgan fingerprint density at radius 1 is 0.870 bits per heavy atom. The highest BCUT2D eigenvalue weighted by Gasteiger charge is 2.00. The molecule has 0 amide bonds. The number of thiol groups is 1. The van der Waals surface area contributed by atoms with Gasteiger partial charge in [-0.15, -0.1) is 0 Å². The first-order valence-corrected chi connectivity index (χ1v) is 9.03. The van der Waals surface area contributed by atoms with Crippen LogP contribution in [0.3, 0.4) is 0 Å². The van der Waals surface area contributed by atoms with E-state index >= 15 is 0 Å². The van der Waals surface area contributed by atoms with Gasteiger partial charge in [-0.1, -0.05) is 55.3 Å². The first-order valence-electron chi connectivity index (χ1n) is 8.40. The second-order valence-corrected chi connectivity index (χ2v) is 6.31. The predicted molar refractivity (Wildman–Crippen MR) is 101 cm³/mol. The molecule has 1 unspecified atom stereocenters. The van der Waals surface area contributed by atoms with E-state index in [2.05, 4.69) is 61.2 Å². The summed E-state index contributed by atoms with van der Waals surface area (Å²) in [6, 6.07) is 19.2. The fourth-order valence-corrected chi connectivity index (χ4v) is 2.68. The zero-order valence-electron chi connectivity index (χ0n) is 13.7. The van der Waals surface area contributed by atoms with Crippen LogP contribution in [0.4, 0.5) is 0 Å². The highest BCUT2D eigenvalue weighted by molar-refractivity contribution is 7.80. The van der Waals surface area contributed by atoms with Gasteiger partial charge in [0.25, 0.3) is 0 Å². The molecule has 0 aliphatic heterocycles. The van der Waals surface area contributed by atoms with E-state index in [0.29, 0.717) is 0 Å². The van der Waals surface area contributed by atoms with Crippen molar-refractivity contribution in [3.8, 4) is 5.75 Å². The van der Waals surface area contributed by atoms with Gasteiger partial charge in [0.05, 0.1) is 6.61 Å². The quantitative estimate of drug-likeness (QED) is 0.498. The molecule has 0 fully saturated rings. The Morgan fingerprint density at radius 3 is 2.26 bits per heavy atom. The Morgan fingerprint density at radius 2 is 1.57 bits per heavy atom. The third-order valence-corrected chi connectivity index (χ3v) is 4.37. The van der Waals surface area contributed by atoms with Gasteiger partial charge < -0.3 is 10.5 Å². The van der Waals surface area contributed by atoms with E-state index < -0.39 is 0 Å². The molecule has 2 aromatic rings. The van der Waals surface area contributed by atoms with Crippen LogP contribution < -0.4 is 10.5 Å². The Hall–Kier alpha value is -1.45. The third kappa shape index (κ3) is 7.10. The minimum absolute atomic E-state index is 0.233. The Kier molecular flexibility index (Phi) is 8.05. The van der Waals surface area contributed by atoms with Crippen molar-refractivity contribution in [1.29, 1.82) is 0 Å². The molecular formula is C20H27NOS. The first kappa shape index (κ1) is 17.9. The van der Waals surface area contributed by atoms with Crippen molar-refractivity contribution in [1.82, 2.24) is 0 Å². The molecule has 0 saturated heterocycles. The molecule has 0 spiro atoms. The number of rotatable bonds is 10. The third-order valence-electron chi connectivity index (χ3n) is 3.90. The number of hydrogen-bond acceptors (Lipinski definition) is 3. The molecule has 2 nitrogen and oxygen atoms in total. The van der Waals surface area contributed by atoms with Crippen LogP contribution in [-0.2, 0) is 6.42 Å². The maximum Gasteiger partial charge on any atom is 0.119 e. The summed E-state index contributed by atoms with van der Waals surface area (Å²) in [5.74, 6) is 1.72. The maximum absolute atomic E-state index is 5.84. The van der Waals surface area contributed by atoms with Crippen LogP contribution in [0, 0.1) is 0 Å². The Bertz CT molecular complexity index is 541. The van der Waals surface area contributed by atoms with Crippen LogP contribution in [0.2, 0.25) is 0 Å². The largest absolute Gasteiger partial charge is 0.494 e. The van der Waals surface area contributed by atoms with Gasteiger partial charge >= 0.3 is 0 Å². The van der Waals surface area contributed by atoms with E-state index in [9.17, 15) is 0 Å². The highest BCUT2D eigenvalue weighted by atomic mass is 32.1. The molecule has 2 rings (SSSR count). The van der Waals surface area contributed by atoms with Gasteiger partial charge in [0.15, 0.2) is 0 Å². The molecule has 3 heteroatoms. The molecular weight excluding hydrogens is 302 g/mol. The van der Waals surface area contributed by atoms with Crippen LogP contribution in [0.15, 0.2) is 54.6 Å². The summed E-state index contributed by atoms with van der Waals surface area (Å²) in [6.45, 7) is 0.772. The molecule has 2 N–H and O–H groups in total. The minimum atomic E-state index is 0.233. The van der Waals surface area contributed by atoms with Crippen molar-refractivity contribution < 1.29 is 4.74 Å². The van der Waals surface area contributed by atoms with E-state index in [1.165, 1.54) is 11.1 Å². The minimum Gasteiger partial charge on any atom is -0.494 e. The summed E-state index contributed by atoms with van der Waals surface area (Å²) in [4.78, 5) is 0. The highest BCUT2D eigenvalue weighted by Crippen LogP contribution is 2.16. The summed E-state index contributed by atoms with van der Waals surface area (Å²) in [5, 5.41) is 0. The van der Waals surface area contributed by atoms with Gasteiger partial charge in [0.2, 0.25) is 0 Å². The van der Waals surface area contributed by atoms with E-state index in [1.54, 1.807) is 0 Å². The van der Waals surface area contributed by atoms with Crippen molar-refractivity contribution in [3.63, 3.8) is 0 Å². The van der Waals surface area contributed by atoms with Crippen LogP contribution in [-0.4, -0.2) is 18.4 Å². The Balaban J connectivity index is 1.65. The predicted octanol–water partition coefficient (Wildman–Crippen LogP) is 4.47. The van der Waals surface area contributed by atoms with Gasteiger partial charge in [-0.2, -0.15) is 12.6 Å². The van der Waals surface area contributed by atoms with E-state index in [0.717, 1.165) is 50.2 Å². The van der Waals surface area contributed by atoms with Crippen molar-refractivity contribution in [2.24, 2.45) is 5.73 Å². The fraction of sp³-hybridized carbons (Fsp3) is 0.400. The Labute approximate surface area is 145 Å². The number of unbranched alkanes of at least 4 members (excludes halogenated alkanes) is 2. The topological polar surface area (TPSA) is 35.2 Å². The molecule has 2 aromatic carbocycles. The lowest BCUT2D eigenvalue weighted by Crippen LogP contribution is -2.21. The summed E-state index contributed by atoms with van der Waals surface area (Å²) >= 11 is 4.20. The lowest BCUT2D eigenvalue weighted by Gasteiger charge is -2.09. The van der Waals surface area contributed by atoms with Crippen molar-refractivity contribution in [3.05, 3.63) is 65.7 Å². The summed E-state index contributed by atoms with van der Waals surface area (Å²) in [5.41, 5.74) is 8.48. The van der Waals surface area contributed by atoms with Gasteiger partial charge in [-0.05, 0) is 42.5 Å². The smallest absolute Gasteiger partial charge is 0.119 e. The average Bonchev–Trinajstić information content (AvgIpc) is 2.60. The van der Waals surface area contributed by atoms with E-state index in [-0.39, 0.29) is 6.04 Å². The summed E-state index contributed by atoms with van der Waals surface area (Å²) < 4.78 is 5.80. The molecule has 0 aliphatic rings. The average molecular weight is 330 g/mol. The normalized spacial score (nSPS) is 12.1. The lowest BCUT2D eigenvalue weighted by atomic mass is 10.1. The van der Waals surface area contributed by atoms with Crippen molar-refractivity contribution >= 4 is 12.6 Å². The van der Waals surface area contributed by atoms with Crippen molar-refractivity contribution in [2.45, 2.75) is 38.1 Å². The van der Waals surface area contributed by atoms with Gasteiger partial charge in [0, 0.05) is 11.8 Å². The second kappa shape index (κ2) is 10.3. The standard InChI is InChI=1S/C20H27NOS/c21-19(16-23)9-5-2-6-14-22-20-12-10-18(11-13-20)15-17-7-3-1-4-8-17/h1,3-4,7-8,10-13,19,23H,2,5-6,9,14-16,21H2. The molecule has 0 aromatic heterocycles. The van der Waals surface area contributed by atoms with Gasteiger partial charge in [0.1, 0.15) is 5.75 Å². The number of ether oxygens (including phenoxy) is 1. The molecule has 23 heavy (non-hydrogen) atoms. The molecule has 0 saturated carbocycles. The summed E-state index contributed by atoms with van der Waals surface area (Å²) in [6.07, 6.45) is 5.41. The van der Waals surface area contributed by atoms with E-state index in [4.69, 9.17) is 10.5 Å². The number of nitrogens with two attached hydrogens (primary N) is 1.